The Morgan fingerprint density at radius 1 is 0.968 bits per heavy atom. The Kier molecular flexibility index (Phi) is 7.74. The van der Waals surface area contributed by atoms with Crippen molar-refractivity contribution in [3.63, 3.8) is 0 Å². The van der Waals surface area contributed by atoms with Crippen LogP contribution in [0.25, 0.3) is 0 Å². The number of para-hydroxylation sites is 1. The third-order valence-electron chi connectivity index (χ3n) is 6.77. The molecule has 3 rings (SSSR count). The molecule has 0 aliphatic heterocycles. The summed E-state index contributed by atoms with van der Waals surface area (Å²) >= 11 is 0. The number of anilines is 1. The molecule has 0 aromatic heterocycles. The van der Waals surface area contributed by atoms with Crippen LogP contribution in [0.2, 0.25) is 0 Å². The quantitative estimate of drug-likeness (QED) is 0.644. The molecule has 0 unspecified atom stereocenters. The van der Waals surface area contributed by atoms with Gasteiger partial charge in [-0.15, -0.1) is 0 Å². The monoisotopic (exact) mass is 428 g/mol. The van der Waals surface area contributed by atoms with Crippen LogP contribution >= 0.6 is 0 Å². The van der Waals surface area contributed by atoms with Gasteiger partial charge in [0.05, 0.1) is 17.2 Å². The Labute approximate surface area is 185 Å². The van der Waals surface area contributed by atoms with Gasteiger partial charge in [-0.3, -0.25) is 14.4 Å². The van der Waals surface area contributed by atoms with E-state index in [1.54, 1.807) is 24.3 Å². The SMILES string of the molecule is CC(C)(C)C1CCC(C(=O)OCC(=O)Nc2ccccc2C(=O)NC2CCCC2)CC1. The van der Waals surface area contributed by atoms with E-state index in [4.69, 9.17) is 4.74 Å². The van der Waals surface area contributed by atoms with Crippen molar-refractivity contribution in [2.45, 2.75) is 78.2 Å². The number of hydrogen-bond acceptors (Lipinski definition) is 4. The molecule has 0 spiro atoms. The number of esters is 1. The lowest BCUT2D eigenvalue weighted by molar-refractivity contribution is -0.153. The van der Waals surface area contributed by atoms with Gasteiger partial charge in [-0.2, -0.15) is 0 Å². The first-order valence-electron chi connectivity index (χ1n) is 11.6. The van der Waals surface area contributed by atoms with E-state index in [9.17, 15) is 14.4 Å². The Bertz CT molecular complexity index is 785. The standard InChI is InChI=1S/C25H36N2O4/c1-25(2,3)18-14-12-17(13-15-18)24(30)31-16-22(28)27-21-11-7-6-10-20(21)23(29)26-19-8-4-5-9-19/h6-7,10-11,17-19H,4-5,8-9,12-16H2,1-3H3,(H,26,29)(H,27,28). The molecule has 2 aliphatic carbocycles. The zero-order valence-corrected chi connectivity index (χ0v) is 19.0. The molecule has 1 aromatic rings. The average Bonchev–Trinajstić information content (AvgIpc) is 3.25. The Balaban J connectivity index is 1.48. The minimum absolute atomic E-state index is 0.129. The van der Waals surface area contributed by atoms with E-state index in [0.717, 1.165) is 51.4 Å². The number of carbonyl (C=O) groups excluding carboxylic acids is 3. The zero-order chi connectivity index (χ0) is 22.4. The van der Waals surface area contributed by atoms with Gasteiger partial charge < -0.3 is 15.4 Å². The van der Waals surface area contributed by atoms with Crippen molar-refractivity contribution in [3.8, 4) is 0 Å². The van der Waals surface area contributed by atoms with Crippen LogP contribution < -0.4 is 10.6 Å². The molecule has 0 saturated heterocycles. The molecule has 0 bridgehead atoms. The minimum Gasteiger partial charge on any atom is -0.455 e. The van der Waals surface area contributed by atoms with Crippen LogP contribution in [0.5, 0.6) is 0 Å². The number of ether oxygens (including phenoxy) is 1. The second kappa shape index (κ2) is 10.3. The van der Waals surface area contributed by atoms with Crippen molar-refractivity contribution in [1.29, 1.82) is 0 Å². The van der Waals surface area contributed by atoms with Crippen LogP contribution in [0.1, 0.15) is 82.5 Å². The number of nitrogens with one attached hydrogen (secondary N) is 2. The van der Waals surface area contributed by atoms with Crippen LogP contribution in [0, 0.1) is 17.3 Å². The highest BCUT2D eigenvalue weighted by atomic mass is 16.5. The van der Waals surface area contributed by atoms with Gasteiger partial charge >= 0.3 is 5.97 Å². The van der Waals surface area contributed by atoms with Crippen molar-refractivity contribution < 1.29 is 19.1 Å². The fourth-order valence-corrected chi connectivity index (χ4v) is 4.76. The molecule has 2 N–H and O–H groups in total. The van der Waals surface area contributed by atoms with E-state index in [1.165, 1.54) is 0 Å². The smallest absolute Gasteiger partial charge is 0.309 e. The normalized spacial score (nSPS) is 22.0. The lowest BCUT2D eigenvalue weighted by atomic mass is 9.70. The van der Waals surface area contributed by atoms with Gasteiger partial charge in [-0.25, -0.2) is 0 Å². The van der Waals surface area contributed by atoms with Gasteiger partial charge in [0.1, 0.15) is 0 Å². The zero-order valence-electron chi connectivity index (χ0n) is 19.0. The molecule has 2 amide bonds. The number of benzene rings is 1. The van der Waals surface area contributed by atoms with Crippen molar-refractivity contribution in [2.24, 2.45) is 17.3 Å². The summed E-state index contributed by atoms with van der Waals surface area (Å²) in [4.78, 5) is 37.4. The van der Waals surface area contributed by atoms with E-state index >= 15 is 0 Å². The summed E-state index contributed by atoms with van der Waals surface area (Å²) in [5, 5.41) is 5.77. The van der Waals surface area contributed by atoms with E-state index in [1.807, 2.05) is 0 Å². The lowest BCUT2D eigenvalue weighted by Crippen LogP contribution is -2.33. The fraction of sp³-hybridized carbons (Fsp3) is 0.640. The van der Waals surface area contributed by atoms with Crippen LogP contribution in [0.3, 0.4) is 0 Å². The summed E-state index contributed by atoms with van der Waals surface area (Å²) < 4.78 is 5.29. The fourth-order valence-electron chi connectivity index (χ4n) is 4.76. The van der Waals surface area contributed by atoms with Crippen molar-refractivity contribution in [2.75, 3.05) is 11.9 Å². The number of rotatable bonds is 6. The number of hydrogen-bond donors (Lipinski definition) is 2. The van der Waals surface area contributed by atoms with Crippen LogP contribution in [-0.4, -0.2) is 30.4 Å². The van der Waals surface area contributed by atoms with Gasteiger partial charge in [0, 0.05) is 6.04 Å². The van der Waals surface area contributed by atoms with Crippen molar-refractivity contribution in [1.82, 2.24) is 5.32 Å². The van der Waals surface area contributed by atoms with Crippen molar-refractivity contribution in [3.05, 3.63) is 29.8 Å². The second-order valence-electron chi connectivity index (χ2n) is 10.1. The topological polar surface area (TPSA) is 84.5 Å². The minimum atomic E-state index is -0.433. The maximum atomic E-state index is 12.6. The number of carbonyl (C=O) groups is 3. The molecule has 0 heterocycles. The van der Waals surface area contributed by atoms with E-state index in [0.29, 0.717) is 17.2 Å². The third-order valence-corrected chi connectivity index (χ3v) is 6.77. The van der Waals surface area contributed by atoms with Crippen LogP contribution in [0.4, 0.5) is 5.69 Å². The predicted molar refractivity (Wildman–Crippen MR) is 121 cm³/mol. The predicted octanol–water partition coefficient (Wildman–Crippen LogP) is 4.69. The summed E-state index contributed by atoms with van der Waals surface area (Å²) in [5.74, 6) is -0.425. The maximum absolute atomic E-state index is 12.6. The van der Waals surface area contributed by atoms with Crippen LogP contribution in [-0.2, 0) is 14.3 Å². The molecular weight excluding hydrogens is 392 g/mol. The van der Waals surface area contributed by atoms with Gasteiger partial charge in [-0.05, 0) is 62.0 Å². The molecule has 6 heteroatoms. The first-order chi connectivity index (χ1) is 14.7. The van der Waals surface area contributed by atoms with E-state index < -0.39 is 5.91 Å². The highest BCUT2D eigenvalue weighted by Gasteiger charge is 2.33. The van der Waals surface area contributed by atoms with E-state index in [2.05, 4.69) is 31.4 Å². The molecule has 0 atom stereocenters. The first kappa shape index (κ1) is 23.3. The lowest BCUT2D eigenvalue weighted by Gasteiger charge is -2.36. The Morgan fingerprint density at radius 3 is 2.26 bits per heavy atom. The average molecular weight is 429 g/mol. The summed E-state index contributed by atoms with van der Waals surface area (Å²) in [6.45, 7) is 6.39. The molecule has 0 radical (unpaired) electrons. The van der Waals surface area contributed by atoms with Gasteiger partial charge in [-0.1, -0.05) is 45.7 Å². The summed E-state index contributed by atoms with van der Waals surface area (Å²) in [5.41, 5.74) is 1.12. The molecular formula is C25H36N2O4. The van der Waals surface area contributed by atoms with Crippen LogP contribution in [0.15, 0.2) is 24.3 Å². The molecule has 2 saturated carbocycles. The molecule has 2 fully saturated rings. The largest absolute Gasteiger partial charge is 0.455 e. The Morgan fingerprint density at radius 2 is 1.61 bits per heavy atom. The Hall–Kier alpha value is -2.37. The maximum Gasteiger partial charge on any atom is 0.309 e. The van der Waals surface area contributed by atoms with E-state index in [-0.39, 0.29) is 35.9 Å². The van der Waals surface area contributed by atoms with Gasteiger partial charge in [0.2, 0.25) is 0 Å². The van der Waals surface area contributed by atoms with Gasteiger partial charge in [0.15, 0.2) is 6.61 Å². The number of amides is 2. The summed E-state index contributed by atoms with van der Waals surface area (Å²) in [6, 6.07) is 7.12. The van der Waals surface area contributed by atoms with Crippen molar-refractivity contribution >= 4 is 23.5 Å². The highest BCUT2D eigenvalue weighted by Crippen LogP contribution is 2.40. The summed E-state index contributed by atoms with van der Waals surface area (Å²) in [7, 11) is 0. The summed E-state index contributed by atoms with van der Waals surface area (Å²) in [6.07, 6.45) is 7.90. The first-order valence-corrected chi connectivity index (χ1v) is 11.6. The highest BCUT2D eigenvalue weighted by molar-refractivity contribution is 6.04. The second-order valence-corrected chi connectivity index (χ2v) is 10.1. The molecule has 31 heavy (non-hydrogen) atoms. The molecule has 6 nitrogen and oxygen atoms in total. The molecule has 1 aromatic carbocycles. The van der Waals surface area contributed by atoms with Gasteiger partial charge in [0.25, 0.3) is 11.8 Å². The molecule has 2 aliphatic rings. The molecule has 170 valence electrons. The third kappa shape index (κ3) is 6.55.